The molecule has 0 unspecified atom stereocenters. The van der Waals surface area contributed by atoms with Crippen LogP contribution in [0.4, 0.5) is 13.2 Å². The summed E-state index contributed by atoms with van der Waals surface area (Å²) in [6.07, 6.45) is -2.88. The molecule has 0 amide bonds. The minimum absolute atomic E-state index is 0.146. The maximum Gasteiger partial charge on any atom is 0.416 e. The van der Waals surface area contributed by atoms with E-state index >= 15 is 0 Å². The van der Waals surface area contributed by atoms with Crippen LogP contribution < -0.4 is 5.73 Å². The lowest BCUT2D eigenvalue weighted by Gasteiger charge is -2.08. The quantitative estimate of drug-likeness (QED) is 0.895. The Labute approximate surface area is 101 Å². The van der Waals surface area contributed by atoms with Crippen molar-refractivity contribution in [3.8, 4) is 11.3 Å². The first-order valence-corrected chi connectivity index (χ1v) is 5.20. The first kappa shape index (κ1) is 12.5. The molecule has 1 heterocycles. The van der Waals surface area contributed by atoms with Crippen molar-refractivity contribution in [2.24, 2.45) is 5.73 Å². The summed E-state index contributed by atoms with van der Waals surface area (Å²) < 4.78 is 37.7. The van der Waals surface area contributed by atoms with Crippen LogP contribution >= 0.6 is 0 Å². The fourth-order valence-corrected chi connectivity index (χ4v) is 1.51. The summed E-state index contributed by atoms with van der Waals surface area (Å²) in [5.74, 6) is 0.393. The van der Waals surface area contributed by atoms with Crippen molar-refractivity contribution in [2.45, 2.75) is 12.7 Å². The second-order valence-corrected chi connectivity index (χ2v) is 3.64. The minimum atomic E-state index is -4.36. The van der Waals surface area contributed by atoms with Crippen molar-refractivity contribution in [3.63, 3.8) is 0 Å². The molecule has 0 bridgehead atoms. The van der Waals surface area contributed by atoms with Gasteiger partial charge in [0, 0.05) is 11.8 Å². The van der Waals surface area contributed by atoms with Gasteiger partial charge in [-0.3, -0.25) is 0 Å². The van der Waals surface area contributed by atoms with Crippen molar-refractivity contribution < 1.29 is 13.2 Å². The predicted molar refractivity (Wildman–Crippen MR) is 60.4 cm³/mol. The Hall–Kier alpha value is -1.95. The summed E-state index contributed by atoms with van der Waals surface area (Å²) in [7, 11) is 0. The van der Waals surface area contributed by atoms with Gasteiger partial charge in [0.2, 0.25) is 0 Å². The van der Waals surface area contributed by atoms with Crippen LogP contribution in [0.3, 0.4) is 0 Å². The summed E-state index contributed by atoms with van der Waals surface area (Å²) in [5, 5.41) is 0. The van der Waals surface area contributed by atoms with Gasteiger partial charge in [-0.2, -0.15) is 13.2 Å². The molecule has 1 aromatic carbocycles. The van der Waals surface area contributed by atoms with Crippen LogP contribution in [0.15, 0.2) is 36.5 Å². The van der Waals surface area contributed by atoms with Crippen molar-refractivity contribution in [2.75, 3.05) is 0 Å². The third kappa shape index (κ3) is 2.65. The van der Waals surface area contributed by atoms with Crippen molar-refractivity contribution >= 4 is 0 Å². The first-order chi connectivity index (χ1) is 8.50. The van der Waals surface area contributed by atoms with E-state index in [1.165, 1.54) is 12.3 Å². The van der Waals surface area contributed by atoms with Gasteiger partial charge in [-0.05, 0) is 18.2 Å². The molecular formula is C12H10F3N3. The number of hydrogen-bond donors (Lipinski definition) is 1. The highest BCUT2D eigenvalue weighted by Gasteiger charge is 2.30. The van der Waals surface area contributed by atoms with Crippen LogP contribution in [0.25, 0.3) is 11.3 Å². The normalized spacial score (nSPS) is 11.6. The Morgan fingerprint density at radius 2 is 1.94 bits per heavy atom. The van der Waals surface area contributed by atoms with E-state index in [1.807, 2.05) is 0 Å². The number of alkyl halides is 3. The summed E-state index contributed by atoms with van der Waals surface area (Å²) in [4.78, 5) is 7.98. The zero-order valence-electron chi connectivity index (χ0n) is 9.28. The Morgan fingerprint density at radius 1 is 1.17 bits per heavy atom. The molecule has 0 spiro atoms. The molecule has 0 atom stereocenters. The van der Waals surface area contributed by atoms with E-state index in [9.17, 15) is 13.2 Å². The summed E-state index contributed by atoms with van der Waals surface area (Å²) >= 11 is 0. The van der Waals surface area contributed by atoms with Crippen LogP contribution in [0.2, 0.25) is 0 Å². The Balaban J connectivity index is 2.44. The summed E-state index contributed by atoms with van der Waals surface area (Å²) in [5.41, 5.74) is 5.51. The van der Waals surface area contributed by atoms with Crippen LogP contribution in [0, 0.1) is 0 Å². The van der Waals surface area contributed by atoms with E-state index in [2.05, 4.69) is 9.97 Å². The van der Waals surface area contributed by atoms with Gasteiger partial charge in [-0.1, -0.05) is 12.1 Å². The SMILES string of the molecule is NCc1nccc(-c2cccc(C(F)(F)F)c2)n1. The Kier molecular flexibility index (Phi) is 3.29. The number of nitrogens with zero attached hydrogens (tertiary/aromatic N) is 2. The number of nitrogens with two attached hydrogens (primary N) is 1. The average molecular weight is 253 g/mol. The number of benzene rings is 1. The second kappa shape index (κ2) is 4.73. The van der Waals surface area contributed by atoms with Gasteiger partial charge in [0.15, 0.2) is 0 Å². The maximum absolute atomic E-state index is 12.6. The molecule has 94 valence electrons. The van der Waals surface area contributed by atoms with Gasteiger partial charge in [-0.15, -0.1) is 0 Å². The lowest BCUT2D eigenvalue weighted by Crippen LogP contribution is -2.05. The number of hydrogen-bond acceptors (Lipinski definition) is 3. The molecule has 3 nitrogen and oxygen atoms in total. The van der Waals surface area contributed by atoms with Crippen LogP contribution in [-0.2, 0) is 12.7 Å². The summed E-state index contributed by atoms with van der Waals surface area (Å²) in [6.45, 7) is 0.146. The minimum Gasteiger partial charge on any atom is -0.324 e. The Morgan fingerprint density at radius 3 is 2.61 bits per heavy atom. The largest absolute Gasteiger partial charge is 0.416 e. The highest BCUT2D eigenvalue weighted by Crippen LogP contribution is 2.31. The molecule has 0 aliphatic carbocycles. The first-order valence-electron chi connectivity index (χ1n) is 5.20. The third-order valence-electron chi connectivity index (χ3n) is 2.37. The smallest absolute Gasteiger partial charge is 0.324 e. The van der Waals surface area contributed by atoms with E-state index in [0.29, 0.717) is 17.1 Å². The zero-order valence-corrected chi connectivity index (χ0v) is 9.28. The summed E-state index contributed by atoms with van der Waals surface area (Å²) in [6, 6.07) is 6.55. The maximum atomic E-state index is 12.6. The van der Waals surface area contributed by atoms with E-state index in [4.69, 9.17) is 5.73 Å². The molecule has 0 radical (unpaired) electrons. The van der Waals surface area contributed by atoms with Gasteiger partial charge in [0.1, 0.15) is 5.82 Å². The second-order valence-electron chi connectivity index (χ2n) is 3.64. The molecule has 0 saturated heterocycles. The zero-order chi connectivity index (χ0) is 13.2. The molecule has 1 aromatic heterocycles. The standard InChI is InChI=1S/C12H10F3N3/c13-12(14,15)9-3-1-2-8(6-9)10-4-5-17-11(7-16)18-10/h1-6H,7,16H2. The van der Waals surface area contributed by atoms with Crippen LogP contribution in [0.1, 0.15) is 11.4 Å². The van der Waals surface area contributed by atoms with E-state index in [1.54, 1.807) is 12.1 Å². The molecule has 0 aliphatic rings. The molecular weight excluding hydrogens is 243 g/mol. The molecule has 2 rings (SSSR count). The van der Waals surface area contributed by atoms with Gasteiger partial charge < -0.3 is 5.73 Å². The van der Waals surface area contributed by atoms with Gasteiger partial charge >= 0.3 is 6.18 Å². The predicted octanol–water partition coefficient (Wildman–Crippen LogP) is 2.62. The molecule has 18 heavy (non-hydrogen) atoms. The lowest BCUT2D eigenvalue weighted by molar-refractivity contribution is -0.137. The topological polar surface area (TPSA) is 51.8 Å². The highest BCUT2D eigenvalue weighted by molar-refractivity contribution is 5.59. The number of halogens is 3. The molecule has 2 aromatic rings. The number of aromatic nitrogens is 2. The van der Waals surface area contributed by atoms with E-state index < -0.39 is 11.7 Å². The molecule has 6 heteroatoms. The highest BCUT2D eigenvalue weighted by atomic mass is 19.4. The monoisotopic (exact) mass is 253 g/mol. The number of rotatable bonds is 2. The van der Waals surface area contributed by atoms with Gasteiger partial charge in [0.25, 0.3) is 0 Å². The Bertz CT molecular complexity index is 552. The average Bonchev–Trinajstić information content (AvgIpc) is 2.38. The fraction of sp³-hybridized carbons (Fsp3) is 0.167. The molecule has 2 N–H and O–H groups in total. The van der Waals surface area contributed by atoms with Gasteiger partial charge in [0.05, 0.1) is 17.8 Å². The third-order valence-corrected chi connectivity index (χ3v) is 2.37. The molecule has 0 saturated carbocycles. The molecule has 0 fully saturated rings. The van der Waals surface area contributed by atoms with Crippen molar-refractivity contribution in [3.05, 3.63) is 47.9 Å². The fourth-order valence-electron chi connectivity index (χ4n) is 1.51. The van der Waals surface area contributed by atoms with Crippen molar-refractivity contribution in [1.82, 2.24) is 9.97 Å². The lowest BCUT2D eigenvalue weighted by atomic mass is 10.1. The van der Waals surface area contributed by atoms with Crippen molar-refractivity contribution in [1.29, 1.82) is 0 Å². The van der Waals surface area contributed by atoms with Crippen LogP contribution in [-0.4, -0.2) is 9.97 Å². The molecule has 0 aliphatic heterocycles. The van der Waals surface area contributed by atoms with Crippen LogP contribution in [0.5, 0.6) is 0 Å². The van der Waals surface area contributed by atoms with E-state index in [0.717, 1.165) is 12.1 Å². The van der Waals surface area contributed by atoms with E-state index in [-0.39, 0.29) is 6.54 Å². The van der Waals surface area contributed by atoms with Gasteiger partial charge in [-0.25, -0.2) is 9.97 Å².